The molecule has 0 spiro atoms. The van der Waals surface area contributed by atoms with Gasteiger partial charge < -0.3 is 15.1 Å². The van der Waals surface area contributed by atoms with E-state index in [1.165, 1.54) is 5.56 Å². The number of amides is 1. The SMILES string of the molecule is CN(C)CCCNC(=O)CCN(Cc1ccccc1)c1ccccc1. The minimum Gasteiger partial charge on any atom is -0.367 e. The fourth-order valence-corrected chi connectivity index (χ4v) is 2.69. The number of benzene rings is 2. The number of nitrogens with one attached hydrogen (secondary N) is 1. The molecule has 0 aliphatic carbocycles. The van der Waals surface area contributed by atoms with Gasteiger partial charge in [-0.25, -0.2) is 0 Å². The smallest absolute Gasteiger partial charge is 0.221 e. The van der Waals surface area contributed by atoms with Crippen LogP contribution in [0.4, 0.5) is 5.69 Å². The number of hydrogen-bond donors (Lipinski definition) is 1. The first-order chi connectivity index (χ1) is 12.1. The van der Waals surface area contributed by atoms with Gasteiger partial charge >= 0.3 is 0 Å². The minimum atomic E-state index is 0.118. The standard InChI is InChI=1S/C21H29N3O/c1-23(2)16-9-15-22-21(25)14-17-24(20-12-7-4-8-13-20)18-19-10-5-3-6-11-19/h3-8,10-13H,9,14-18H2,1-2H3,(H,22,25). The summed E-state index contributed by atoms with van der Waals surface area (Å²) in [6.07, 6.45) is 1.48. The van der Waals surface area contributed by atoms with Gasteiger partial charge in [-0.05, 0) is 44.8 Å². The van der Waals surface area contributed by atoms with E-state index in [0.717, 1.165) is 31.7 Å². The molecule has 0 atom stereocenters. The van der Waals surface area contributed by atoms with E-state index >= 15 is 0 Å². The van der Waals surface area contributed by atoms with Gasteiger partial charge in [-0.3, -0.25) is 4.79 Å². The Balaban J connectivity index is 1.87. The highest BCUT2D eigenvalue weighted by Gasteiger charge is 2.10. The van der Waals surface area contributed by atoms with Gasteiger partial charge in [0.1, 0.15) is 0 Å². The van der Waals surface area contributed by atoms with E-state index < -0.39 is 0 Å². The molecule has 0 heterocycles. The summed E-state index contributed by atoms with van der Waals surface area (Å²) >= 11 is 0. The van der Waals surface area contributed by atoms with Crippen LogP contribution in [0, 0.1) is 0 Å². The van der Waals surface area contributed by atoms with Gasteiger partial charge in [0.2, 0.25) is 5.91 Å². The average molecular weight is 339 g/mol. The average Bonchev–Trinajstić information content (AvgIpc) is 2.63. The lowest BCUT2D eigenvalue weighted by molar-refractivity contribution is -0.120. The predicted octanol–water partition coefficient (Wildman–Crippen LogP) is 3.15. The first kappa shape index (κ1) is 19.0. The molecular weight excluding hydrogens is 310 g/mol. The van der Waals surface area contributed by atoms with Crippen molar-refractivity contribution in [3.63, 3.8) is 0 Å². The molecule has 0 unspecified atom stereocenters. The van der Waals surface area contributed by atoms with Crippen LogP contribution in [0.15, 0.2) is 60.7 Å². The third-order valence-corrected chi connectivity index (χ3v) is 4.05. The highest BCUT2D eigenvalue weighted by molar-refractivity contribution is 5.76. The Morgan fingerprint density at radius 3 is 2.20 bits per heavy atom. The maximum atomic E-state index is 12.1. The monoisotopic (exact) mass is 339 g/mol. The fourth-order valence-electron chi connectivity index (χ4n) is 2.69. The number of nitrogens with zero attached hydrogens (tertiary/aromatic N) is 2. The van der Waals surface area contributed by atoms with Crippen LogP contribution >= 0.6 is 0 Å². The van der Waals surface area contributed by atoms with Gasteiger partial charge in [0, 0.05) is 31.7 Å². The normalized spacial score (nSPS) is 10.7. The number of para-hydroxylation sites is 1. The van der Waals surface area contributed by atoms with Crippen molar-refractivity contribution < 1.29 is 4.79 Å². The molecule has 2 aromatic carbocycles. The molecule has 25 heavy (non-hydrogen) atoms. The summed E-state index contributed by atoms with van der Waals surface area (Å²) in [6.45, 7) is 3.24. The number of rotatable bonds is 10. The Kier molecular flexibility index (Phi) is 7.99. The van der Waals surface area contributed by atoms with Crippen molar-refractivity contribution in [3.8, 4) is 0 Å². The quantitative estimate of drug-likeness (QED) is 0.676. The van der Waals surface area contributed by atoms with Gasteiger partial charge in [0.15, 0.2) is 0 Å². The maximum Gasteiger partial charge on any atom is 0.221 e. The molecule has 1 amide bonds. The van der Waals surface area contributed by atoms with Crippen molar-refractivity contribution in [2.24, 2.45) is 0 Å². The second kappa shape index (κ2) is 10.5. The largest absolute Gasteiger partial charge is 0.367 e. The van der Waals surface area contributed by atoms with Crippen LogP contribution in [0.3, 0.4) is 0 Å². The molecule has 0 radical (unpaired) electrons. The Bertz CT molecular complexity index is 614. The first-order valence-electron chi connectivity index (χ1n) is 8.90. The molecule has 0 aromatic heterocycles. The van der Waals surface area contributed by atoms with Crippen LogP contribution in [-0.4, -0.2) is 44.5 Å². The second-order valence-electron chi connectivity index (χ2n) is 6.50. The highest BCUT2D eigenvalue weighted by Crippen LogP contribution is 2.17. The van der Waals surface area contributed by atoms with Gasteiger partial charge in [-0.2, -0.15) is 0 Å². The molecule has 0 saturated heterocycles. The summed E-state index contributed by atoms with van der Waals surface area (Å²) in [4.78, 5) is 16.5. The van der Waals surface area contributed by atoms with Crippen molar-refractivity contribution in [1.82, 2.24) is 10.2 Å². The molecule has 0 saturated carbocycles. The van der Waals surface area contributed by atoms with Crippen molar-refractivity contribution in [2.75, 3.05) is 38.6 Å². The van der Waals surface area contributed by atoms with Crippen LogP contribution < -0.4 is 10.2 Å². The molecular formula is C21H29N3O. The third-order valence-electron chi connectivity index (χ3n) is 4.05. The van der Waals surface area contributed by atoms with E-state index in [9.17, 15) is 4.79 Å². The lowest BCUT2D eigenvalue weighted by atomic mass is 10.2. The van der Waals surface area contributed by atoms with Crippen LogP contribution in [0.2, 0.25) is 0 Å². The highest BCUT2D eigenvalue weighted by atomic mass is 16.1. The molecule has 0 fully saturated rings. The molecule has 0 aliphatic rings. The van der Waals surface area contributed by atoms with Crippen LogP contribution in [0.5, 0.6) is 0 Å². The lowest BCUT2D eigenvalue weighted by Gasteiger charge is -2.25. The summed E-state index contributed by atoms with van der Waals surface area (Å²) in [6, 6.07) is 20.7. The lowest BCUT2D eigenvalue weighted by Crippen LogP contribution is -2.32. The van der Waals surface area contributed by atoms with Crippen LogP contribution in [-0.2, 0) is 11.3 Å². The van der Waals surface area contributed by atoms with E-state index in [1.807, 2.05) is 38.4 Å². The van der Waals surface area contributed by atoms with Crippen molar-refractivity contribution in [2.45, 2.75) is 19.4 Å². The molecule has 134 valence electrons. The molecule has 4 nitrogen and oxygen atoms in total. The van der Waals surface area contributed by atoms with E-state index in [-0.39, 0.29) is 5.91 Å². The molecule has 0 aliphatic heterocycles. The van der Waals surface area contributed by atoms with Gasteiger partial charge in [-0.1, -0.05) is 48.5 Å². The van der Waals surface area contributed by atoms with E-state index in [2.05, 4.69) is 51.5 Å². The third kappa shape index (κ3) is 7.40. The molecule has 1 N–H and O–H groups in total. The predicted molar refractivity (Wildman–Crippen MR) is 105 cm³/mol. The number of hydrogen-bond acceptors (Lipinski definition) is 3. The van der Waals surface area contributed by atoms with E-state index in [1.54, 1.807) is 0 Å². The van der Waals surface area contributed by atoms with Crippen molar-refractivity contribution in [3.05, 3.63) is 66.2 Å². The van der Waals surface area contributed by atoms with Crippen molar-refractivity contribution >= 4 is 11.6 Å². The Morgan fingerprint density at radius 2 is 1.56 bits per heavy atom. The van der Waals surface area contributed by atoms with Gasteiger partial charge in [0.05, 0.1) is 0 Å². The zero-order chi connectivity index (χ0) is 17.9. The zero-order valence-corrected chi connectivity index (χ0v) is 15.3. The van der Waals surface area contributed by atoms with Gasteiger partial charge in [0.25, 0.3) is 0 Å². The summed E-state index contributed by atoms with van der Waals surface area (Å²) in [5.74, 6) is 0.118. The number of carbonyl (C=O) groups excluding carboxylic acids is 1. The number of anilines is 1. The summed E-state index contributed by atoms with van der Waals surface area (Å²) in [5, 5.41) is 3.02. The Hall–Kier alpha value is -2.33. The topological polar surface area (TPSA) is 35.6 Å². The molecule has 4 heteroatoms. The van der Waals surface area contributed by atoms with Gasteiger partial charge in [-0.15, -0.1) is 0 Å². The summed E-state index contributed by atoms with van der Waals surface area (Å²) < 4.78 is 0. The first-order valence-corrected chi connectivity index (χ1v) is 8.90. The zero-order valence-electron chi connectivity index (χ0n) is 15.3. The van der Waals surface area contributed by atoms with Crippen molar-refractivity contribution in [1.29, 1.82) is 0 Å². The molecule has 2 rings (SSSR count). The number of carbonyl (C=O) groups is 1. The molecule has 0 bridgehead atoms. The van der Waals surface area contributed by atoms with E-state index in [0.29, 0.717) is 13.0 Å². The van der Waals surface area contributed by atoms with Crippen LogP contribution in [0.25, 0.3) is 0 Å². The minimum absolute atomic E-state index is 0.118. The fraction of sp³-hybridized carbons (Fsp3) is 0.381. The maximum absolute atomic E-state index is 12.1. The Labute approximate surface area is 151 Å². The van der Waals surface area contributed by atoms with E-state index in [4.69, 9.17) is 0 Å². The summed E-state index contributed by atoms with van der Waals surface area (Å²) in [5.41, 5.74) is 2.39. The summed E-state index contributed by atoms with van der Waals surface area (Å²) in [7, 11) is 4.09. The second-order valence-corrected chi connectivity index (χ2v) is 6.50. The molecule has 2 aromatic rings. The van der Waals surface area contributed by atoms with Crippen LogP contribution in [0.1, 0.15) is 18.4 Å². The Morgan fingerprint density at radius 1 is 0.920 bits per heavy atom.